The lowest BCUT2D eigenvalue weighted by Crippen LogP contribution is -2.01. The topological polar surface area (TPSA) is 128 Å². The first-order valence-corrected chi connectivity index (χ1v) is 9.17. The molecule has 2 N–H and O–H groups in total. The number of nitrogens with two attached hydrogens (primary N) is 1. The minimum atomic E-state index is -0.501. The lowest BCUT2D eigenvalue weighted by atomic mass is 10.0. The van der Waals surface area contributed by atoms with E-state index < -0.39 is 4.92 Å². The molecule has 31 heavy (non-hydrogen) atoms. The SMILES string of the molecule is COc1cc(-n2nnc3ccc(-c4ccc(N)c([N+](=O)[O-])c4)cc32)cc(OC)c1OC. The molecule has 4 aromatic rings. The van der Waals surface area contributed by atoms with Crippen LogP contribution in [0.2, 0.25) is 0 Å². The minimum Gasteiger partial charge on any atom is -0.493 e. The number of rotatable bonds is 6. The van der Waals surface area contributed by atoms with E-state index in [1.165, 1.54) is 33.5 Å². The average Bonchev–Trinajstić information content (AvgIpc) is 3.21. The second kappa shape index (κ2) is 7.82. The molecule has 10 heteroatoms. The summed E-state index contributed by atoms with van der Waals surface area (Å²) in [6, 6.07) is 13.7. The number of nitro groups is 1. The van der Waals surface area contributed by atoms with Gasteiger partial charge in [0.2, 0.25) is 5.75 Å². The van der Waals surface area contributed by atoms with Crippen LogP contribution in [0, 0.1) is 10.1 Å². The van der Waals surface area contributed by atoms with Gasteiger partial charge in [-0.2, -0.15) is 0 Å². The largest absolute Gasteiger partial charge is 0.493 e. The Kier molecular flexibility index (Phi) is 5.04. The molecule has 0 amide bonds. The second-order valence-corrected chi connectivity index (χ2v) is 6.62. The Morgan fingerprint density at radius 2 is 1.58 bits per heavy atom. The van der Waals surface area contributed by atoms with Gasteiger partial charge in [-0.05, 0) is 29.3 Å². The number of hydrogen-bond acceptors (Lipinski definition) is 8. The molecule has 3 aromatic carbocycles. The van der Waals surface area contributed by atoms with E-state index in [0.29, 0.717) is 39.5 Å². The molecular weight excluding hydrogens is 402 g/mol. The molecule has 1 aromatic heterocycles. The van der Waals surface area contributed by atoms with Crippen molar-refractivity contribution in [1.29, 1.82) is 0 Å². The van der Waals surface area contributed by atoms with E-state index in [-0.39, 0.29) is 11.4 Å². The van der Waals surface area contributed by atoms with Gasteiger partial charge in [0.1, 0.15) is 11.2 Å². The molecule has 0 saturated heterocycles. The van der Waals surface area contributed by atoms with Crippen molar-refractivity contribution in [2.24, 2.45) is 0 Å². The fourth-order valence-corrected chi connectivity index (χ4v) is 3.36. The molecule has 0 aliphatic rings. The number of nitrogen functional groups attached to an aromatic ring is 1. The highest BCUT2D eigenvalue weighted by molar-refractivity contribution is 5.84. The van der Waals surface area contributed by atoms with Gasteiger partial charge in [0.25, 0.3) is 5.69 Å². The van der Waals surface area contributed by atoms with E-state index in [4.69, 9.17) is 19.9 Å². The van der Waals surface area contributed by atoms with Crippen molar-refractivity contribution in [2.45, 2.75) is 0 Å². The van der Waals surface area contributed by atoms with Crippen LogP contribution in [0.5, 0.6) is 17.2 Å². The van der Waals surface area contributed by atoms with E-state index >= 15 is 0 Å². The molecule has 1 heterocycles. The number of benzene rings is 3. The first-order chi connectivity index (χ1) is 15.0. The molecule has 158 valence electrons. The summed E-state index contributed by atoms with van der Waals surface area (Å²) in [6.45, 7) is 0. The van der Waals surface area contributed by atoms with Crippen molar-refractivity contribution in [3.05, 3.63) is 58.6 Å². The fraction of sp³-hybridized carbons (Fsp3) is 0.143. The smallest absolute Gasteiger partial charge is 0.292 e. The van der Waals surface area contributed by atoms with Gasteiger partial charge in [0.05, 0.1) is 37.5 Å². The third kappa shape index (κ3) is 3.44. The van der Waals surface area contributed by atoms with Gasteiger partial charge in [0.15, 0.2) is 11.5 Å². The number of methoxy groups -OCH3 is 3. The standard InChI is InChI=1S/C21H19N5O5/c1-29-19-10-14(11-20(30-2)21(19)31-3)25-18-9-13(5-7-16(18)23-24-25)12-4-6-15(22)17(8-12)26(27)28/h4-11H,22H2,1-3H3. The molecular formula is C21H19N5O5. The van der Waals surface area contributed by atoms with Gasteiger partial charge in [-0.15, -0.1) is 5.10 Å². The number of nitrogens with zero attached hydrogens (tertiary/aromatic N) is 4. The van der Waals surface area contributed by atoms with E-state index in [9.17, 15) is 10.1 Å². The number of nitro benzene ring substituents is 1. The van der Waals surface area contributed by atoms with Crippen molar-refractivity contribution in [2.75, 3.05) is 27.1 Å². The molecule has 4 rings (SSSR count). The Morgan fingerprint density at radius 3 is 2.19 bits per heavy atom. The van der Waals surface area contributed by atoms with E-state index in [2.05, 4.69) is 10.3 Å². The van der Waals surface area contributed by atoms with Gasteiger partial charge < -0.3 is 19.9 Å². The summed E-state index contributed by atoms with van der Waals surface area (Å²) in [7, 11) is 4.60. The zero-order chi connectivity index (χ0) is 22.1. The van der Waals surface area contributed by atoms with Crippen LogP contribution in [-0.4, -0.2) is 41.2 Å². The third-order valence-corrected chi connectivity index (χ3v) is 4.90. The molecule has 0 aliphatic carbocycles. The van der Waals surface area contributed by atoms with Crippen LogP contribution in [0.15, 0.2) is 48.5 Å². The average molecular weight is 421 g/mol. The highest BCUT2D eigenvalue weighted by atomic mass is 16.6. The Morgan fingerprint density at radius 1 is 0.935 bits per heavy atom. The zero-order valence-corrected chi connectivity index (χ0v) is 17.0. The molecule has 0 fully saturated rings. The first kappa shape index (κ1) is 20.0. The Hall–Kier alpha value is -4.34. The normalized spacial score (nSPS) is 10.8. The van der Waals surface area contributed by atoms with Crippen LogP contribution in [0.25, 0.3) is 27.8 Å². The molecule has 0 saturated carbocycles. The van der Waals surface area contributed by atoms with E-state index in [1.54, 1.807) is 28.9 Å². The fourth-order valence-electron chi connectivity index (χ4n) is 3.36. The molecule has 10 nitrogen and oxygen atoms in total. The van der Waals surface area contributed by atoms with Crippen LogP contribution in [-0.2, 0) is 0 Å². The number of hydrogen-bond donors (Lipinski definition) is 1. The van der Waals surface area contributed by atoms with Crippen molar-refractivity contribution < 1.29 is 19.1 Å². The van der Waals surface area contributed by atoms with Gasteiger partial charge in [-0.25, -0.2) is 4.68 Å². The van der Waals surface area contributed by atoms with E-state index in [0.717, 1.165) is 5.56 Å². The predicted octanol–water partition coefficient (Wildman–Crippen LogP) is 3.60. The van der Waals surface area contributed by atoms with Crippen molar-refractivity contribution >= 4 is 22.4 Å². The molecule has 0 radical (unpaired) electrons. The lowest BCUT2D eigenvalue weighted by molar-refractivity contribution is -0.383. The summed E-state index contributed by atoms with van der Waals surface area (Å²) in [5.41, 5.74) is 9.10. The van der Waals surface area contributed by atoms with Crippen molar-refractivity contribution in [3.63, 3.8) is 0 Å². The summed E-state index contributed by atoms with van der Waals surface area (Å²) >= 11 is 0. The Labute approximate surface area is 176 Å². The maximum atomic E-state index is 11.3. The summed E-state index contributed by atoms with van der Waals surface area (Å²) in [5.74, 6) is 1.42. The van der Waals surface area contributed by atoms with Crippen LogP contribution >= 0.6 is 0 Å². The highest BCUT2D eigenvalue weighted by Crippen LogP contribution is 2.40. The van der Waals surface area contributed by atoms with Crippen LogP contribution in [0.4, 0.5) is 11.4 Å². The molecule has 0 aliphatic heterocycles. The Balaban J connectivity index is 1.87. The van der Waals surface area contributed by atoms with Crippen molar-refractivity contribution in [1.82, 2.24) is 15.0 Å². The van der Waals surface area contributed by atoms with Gasteiger partial charge in [-0.1, -0.05) is 17.3 Å². The van der Waals surface area contributed by atoms with Gasteiger partial charge in [-0.3, -0.25) is 10.1 Å². The minimum absolute atomic E-state index is 0.110. The van der Waals surface area contributed by atoms with Crippen LogP contribution in [0.1, 0.15) is 0 Å². The van der Waals surface area contributed by atoms with Crippen LogP contribution in [0.3, 0.4) is 0 Å². The maximum absolute atomic E-state index is 11.3. The molecule has 0 bridgehead atoms. The summed E-state index contributed by atoms with van der Waals surface area (Å²) < 4.78 is 17.9. The number of fused-ring (bicyclic) bond motifs is 1. The lowest BCUT2D eigenvalue weighted by Gasteiger charge is -2.14. The predicted molar refractivity (Wildman–Crippen MR) is 115 cm³/mol. The first-order valence-electron chi connectivity index (χ1n) is 9.17. The second-order valence-electron chi connectivity index (χ2n) is 6.62. The van der Waals surface area contributed by atoms with Gasteiger partial charge >= 0.3 is 0 Å². The summed E-state index contributed by atoms with van der Waals surface area (Å²) in [4.78, 5) is 10.8. The highest BCUT2D eigenvalue weighted by Gasteiger charge is 2.17. The van der Waals surface area contributed by atoms with Crippen LogP contribution < -0.4 is 19.9 Å². The Bertz CT molecular complexity index is 1280. The molecule has 0 unspecified atom stereocenters. The molecule has 0 spiro atoms. The molecule has 0 atom stereocenters. The number of ether oxygens (including phenoxy) is 3. The third-order valence-electron chi connectivity index (χ3n) is 4.90. The quantitative estimate of drug-likeness (QED) is 0.284. The zero-order valence-electron chi connectivity index (χ0n) is 17.0. The number of aromatic nitrogens is 3. The summed E-state index contributed by atoms with van der Waals surface area (Å²) in [5, 5.41) is 19.7. The maximum Gasteiger partial charge on any atom is 0.292 e. The summed E-state index contributed by atoms with van der Waals surface area (Å²) in [6.07, 6.45) is 0. The van der Waals surface area contributed by atoms with Gasteiger partial charge in [0, 0.05) is 18.2 Å². The monoisotopic (exact) mass is 421 g/mol. The van der Waals surface area contributed by atoms with E-state index in [1.807, 2.05) is 12.1 Å². The number of anilines is 1. The van der Waals surface area contributed by atoms with Crippen molar-refractivity contribution in [3.8, 4) is 34.1 Å².